The van der Waals surface area contributed by atoms with E-state index < -0.39 is 12.2 Å². The minimum atomic E-state index is -0.729. The molecule has 0 fully saturated rings. The van der Waals surface area contributed by atoms with Crippen molar-refractivity contribution in [2.45, 2.75) is 128 Å². The van der Waals surface area contributed by atoms with Gasteiger partial charge in [0.05, 0.1) is 0 Å². The Kier molecular flexibility index (Phi) is 26.9. The third-order valence-corrected chi connectivity index (χ3v) is 5.84. The molecule has 3 nitrogen and oxygen atoms in total. The molecule has 0 amide bonds. The van der Waals surface area contributed by atoms with Gasteiger partial charge in [0.25, 0.3) is 0 Å². The van der Waals surface area contributed by atoms with Gasteiger partial charge in [-0.1, -0.05) is 100 Å². The van der Waals surface area contributed by atoms with Crippen molar-refractivity contribution in [2.75, 3.05) is 6.61 Å². The van der Waals surface area contributed by atoms with Crippen molar-refractivity contribution < 1.29 is 15.3 Å². The largest absolute Gasteiger partial charge is 0.384 e. The Bertz CT molecular complexity index is 782. The highest BCUT2D eigenvalue weighted by molar-refractivity contribution is 5.36. The molecule has 198 valence electrons. The van der Waals surface area contributed by atoms with E-state index in [1.165, 1.54) is 89.9 Å². The Hall–Kier alpha value is -2.40. The summed E-state index contributed by atoms with van der Waals surface area (Å²) in [7, 11) is 0. The first-order valence-electron chi connectivity index (χ1n) is 13.9. The maximum absolute atomic E-state index is 9.79. The molecule has 0 heterocycles. The van der Waals surface area contributed by atoms with E-state index in [1.54, 1.807) is 6.08 Å². The van der Waals surface area contributed by atoms with Crippen molar-refractivity contribution in [3.05, 3.63) is 24.3 Å². The van der Waals surface area contributed by atoms with Gasteiger partial charge in [0.15, 0.2) is 0 Å². The predicted molar refractivity (Wildman–Crippen MR) is 153 cm³/mol. The highest BCUT2D eigenvalue weighted by Gasteiger charge is 1.98. The van der Waals surface area contributed by atoms with Crippen LogP contribution in [0.1, 0.15) is 116 Å². The van der Waals surface area contributed by atoms with Crippen molar-refractivity contribution in [1.29, 1.82) is 0 Å². The number of aliphatic hydroxyl groups excluding tert-OH is 3. The van der Waals surface area contributed by atoms with Gasteiger partial charge in [0, 0.05) is 0 Å². The molecule has 0 aromatic heterocycles. The smallest absolute Gasteiger partial charge is 0.133 e. The summed E-state index contributed by atoms with van der Waals surface area (Å²) in [5.74, 6) is 17.5. The molecule has 0 aromatic rings. The van der Waals surface area contributed by atoms with Crippen LogP contribution in [0, 0.1) is 47.9 Å². The summed E-state index contributed by atoms with van der Waals surface area (Å²) < 4.78 is 0. The van der Waals surface area contributed by atoms with E-state index in [0.717, 1.165) is 19.3 Å². The molecule has 0 unspecified atom stereocenters. The summed E-state index contributed by atoms with van der Waals surface area (Å²) in [4.78, 5) is 0. The van der Waals surface area contributed by atoms with E-state index in [9.17, 15) is 10.2 Å². The molecule has 0 aliphatic rings. The average Bonchev–Trinajstić information content (AvgIpc) is 2.88. The number of rotatable bonds is 21. The van der Waals surface area contributed by atoms with Crippen molar-refractivity contribution >= 4 is 0 Å². The molecule has 0 aromatic carbocycles. The summed E-state index contributed by atoms with van der Waals surface area (Å²) in [6.45, 7) is -0.202. The predicted octanol–water partition coefficient (Wildman–Crippen LogP) is 6.48. The molecule has 3 N–H and O–H groups in total. The molecule has 36 heavy (non-hydrogen) atoms. The number of aliphatic hydroxyl groups is 3. The second-order valence-corrected chi connectivity index (χ2v) is 9.11. The lowest BCUT2D eigenvalue weighted by atomic mass is 10.1. The fourth-order valence-electron chi connectivity index (χ4n) is 3.75. The molecule has 0 aliphatic carbocycles. The van der Waals surface area contributed by atoms with E-state index in [2.05, 4.69) is 53.6 Å². The number of terminal acetylenes is 1. The average molecular weight is 493 g/mol. The van der Waals surface area contributed by atoms with E-state index in [0.29, 0.717) is 6.42 Å². The molecular weight excluding hydrogens is 444 g/mol. The van der Waals surface area contributed by atoms with Crippen LogP contribution in [0.2, 0.25) is 0 Å². The Morgan fingerprint density at radius 2 is 1.06 bits per heavy atom. The summed E-state index contributed by atoms with van der Waals surface area (Å²) in [6.07, 6.45) is 33.8. The second kappa shape index (κ2) is 28.8. The summed E-state index contributed by atoms with van der Waals surface area (Å²) >= 11 is 0. The topological polar surface area (TPSA) is 60.7 Å². The van der Waals surface area contributed by atoms with Crippen LogP contribution in [0.3, 0.4) is 0 Å². The highest BCUT2D eigenvalue weighted by atomic mass is 16.3. The van der Waals surface area contributed by atoms with Gasteiger partial charge in [-0.15, -0.1) is 6.42 Å². The van der Waals surface area contributed by atoms with Crippen LogP contribution < -0.4 is 0 Å². The van der Waals surface area contributed by atoms with E-state index in [4.69, 9.17) is 11.5 Å². The maximum atomic E-state index is 9.79. The Balaban J connectivity index is 3.34. The fourth-order valence-corrected chi connectivity index (χ4v) is 3.75. The normalized spacial score (nSPS) is 12.2. The zero-order chi connectivity index (χ0) is 26.4. The van der Waals surface area contributed by atoms with Crippen molar-refractivity contribution in [3.63, 3.8) is 0 Å². The summed E-state index contributed by atoms with van der Waals surface area (Å²) in [6, 6.07) is 0. The van der Waals surface area contributed by atoms with Crippen LogP contribution in [-0.2, 0) is 0 Å². The number of unbranched alkanes of at least 4 members (excludes halogenated alkanes) is 15. The molecule has 0 aliphatic heterocycles. The van der Waals surface area contributed by atoms with Crippen molar-refractivity contribution in [3.8, 4) is 47.9 Å². The Morgan fingerprint density at radius 1 is 0.583 bits per heavy atom. The first kappa shape index (κ1) is 33.6. The van der Waals surface area contributed by atoms with E-state index in [-0.39, 0.29) is 6.61 Å². The minimum absolute atomic E-state index is 0.202. The van der Waals surface area contributed by atoms with Crippen LogP contribution in [0.4, 0.5) is 0 Å². The first-order chi connectivity index (χ1) is 17.7. The van der Waals surface area contributed by atoms with Crippen LogP contribution in [0.15, 0.2) is 24.3 Å². The Morgan fingerprint density at radius 3 is 1.58 bits per heavy atom. The molecule has 3 heteroatoms. The van der Waals surface area contributed by atoms with Gasteiger partial charge in [0.1, 0.15) is 18.8 Å². The fraction of sp³-hybridized carbons (Fsp3) is 0.636. The van der Waals surface area contributed by atoms with Gasteiger partial charge >= 0.3 is 0 Å². The second-order valence-electron chi connectivity index (χ2n) is 9.11. The van der Waals surface area contributed by atoms with E-state index >= 15 is 0 Å². The van der Waals surface area contributed by atoms with Crippen LogP contribution in [-0.4, -0.2) is 34.1 Å². The number of hydrogen-bond donors (Lipinski definition) is 3. The van der Waals surface area contributed by atoms with Gasteiger partial charge in [0.2, 0.25) is 0 Å². The third kappa shape index (κ3) is 27.8. The lowest BCUT2D eigenvalue weighted by Crippen LogP contribution is -2.01. The van der Waals surface area contributed by atoms with Crippen LogP contribution in [0.5, 0.6) is 0 Å². The van der Waals surface area contributed by atoms with Gasteiger partial charge < -0.3 is 15.3 Å². The number of hydrogen-bond acceptors (Lipinski definition) is 3. The molecule has 0 saturated heterocycles. The quantitative estimate of drug-likeness (QED) is 0.0976. The first-order valence-corrected chi connectivity index (χ1v) is 13.9. The number of allylic oxidation sites excluding steroid dienone is 3. The van der Waals surface area contributed by atoms with Gasteiger partial charge in [-0.2, -0.15) is 0 Å². The molecule has 0 saturated carbocycles. The third-order valence-electron chi connectivity index (χ3n) is 5.84. The van der Waals surface area contributed by atoms with Gasteiger partial charge in [-0.05, 0) is 81.1 Å². The molecule has 0 rings (SSSR count). The SMILES string of the molecule is C#C[C@H](O)/C=C/CCCCCCCCCC/C=C\CCCCCCCC[C@H](O)C#CC#CC#CCO. The monoisotopic (exact) mass is 492 g/mol. The zero-order valence-corrected chi connectivity index (χ0v) is 22.3. The zero-order valence-electron chi connectivity index (χ0n) is 22.3. The lowest BCUT2D eigenvalue weighted by Gasteiger charge is -2.03. The highest BCUT2D eigenvalue weighted by Crippen LogP contribution is 2.12. The van der Waals surface area contributed by atoms with Gasteiger partial charge in [-0.3, -0.25) is 0 Å². The van der Waals surface area contributed by atoms with E-state index in [1.807, 2.05) is 6.08 Å². The minimum Gasteiger partial charge on any atom is -0.384 e. The summed E-state index contributed by atoms with van der Waals surface area (Å²) in [5, 5.41) is 27.5. The van der Waals surface area contributed by atoms with Crippen molar-refractivity contribution in [2.24, 2.45) is 0 Å². The molecule has 0 radical (unpaired) electrons. The lowest BCUT2D eigenvalue weighted by molar-refractivity contribution is 0.217. The molecule has 0 spiro atoms. The molecular formula is C33H48O3. The molecule has 2 atom stereocenters. The van der Waals surface area contributed by atoms with Crippen LogP contribution >= 0.6 is 0 Å². The van der Waals surface area contributed by atoms with Crippen LogP contribution in [0.25, 0.3) is 0 Å². The maximum Gasteiger partial charge on any atom is 0.133 e. The van der Waals surface area contributed by atoms with Crippen molar-refractivity contribution in [1.82, 2.24) is 0 Å². The Labute approximate surface area is 221 Å². The summed E-state index contributed by atoms with van der Waals surface area (Å²) in [5.41, 5.74) is 0. The standard InChI is InChI=1S/C33H48O3/c1-2-32(35)28-24-20-17-15-13-11-9-7-5-3-4-6-8-10-12-14-16-18-21-25-29-33(36)30-26-22-19-23-27-31-34/h1,6,8,24,28,32-36H,3-5,7,9-18,20-21,25,29,31H2/b8-6-,28-24+/t32-,33-/m0/s1. The van der Waals surface area contributed by atoms with Gasteiger partial charge in [-0.25, -0.2) is 0 Å². The molecule has 0 bridgehead atoms.